The summed E-state index contributed by atoms with van der Waals surface area (Å²) in [7, 11) is 0. The smallest absolute Gasteiger partial charge is 0.226 e. The zero-order valence-corrected chi connectivity index (χ0v) is 13.0. The Bertz CT molecular complexity index is 666. The van der Waals surface area contributed by atoms with Crippen LogP contribution in [-0.2, 0) is 11.2 Å². The third-order valence-electron chi connectivity index (χ3n) is 4.12. The molecule has 0 aliphatic carbocycles. The molecule has 3 rings (SSSR count). The normalized spacial score (nSPS) is 13.6. The van der Waals surface area contributed by atoms with Crippen molar-refractivity contribution in [2.75, 3.05) is 23.3 Å². The lowest BCUT2D eigenvalue weighted by molar-refractivity contribution is -0.116. The molecule has 0 fully saturated rings. The van der Waals surface area contributed by atoms with Crippen molar-refractivity contribution < 1.29 is 4.79 Å². The van der Waals surface area contributed by atoms with E-state index in [4.69, 9.17) is 0 Å². The average molecular weight is 294 g/mol. The van der Waals surface area contributed by atoms with Crippen LogP contribution in [0, 0.1) is 6.92 Å². The van der Waals surface area contributed by atoms with Crippen LogP contribution in [0.4, 0.5) is 11.4 Å². The first-order chi connectivity index (χ1) is 10.7. The Labute approximate surface area is 132 Å². The molecule has 114 valence electrons. The van der Waals surface area contributed by atoms with Gasteiger partial charge in [0.15, 0.2) is 0 Å². The van der Waals surface area contributed by atoms with Gasteiger partial charge < -0.3 is 10.2 Å². The molecule has 1 aliphatic rings. The molecule has 0 saturated carbocycles. The van der Waals surface area contributed by atoms with Gasteiger partial charge in [0.05, 0.1) is 0 Å². The van der Waals surface area contributed by atoms with Crippen molar-refractivity contribution in [1.82, 2.24) is 0 Å². The van der Waals surface area contributed by atoms with Gasteiger partial charge in [-0.1, -0.05) is 30.3 Å². The topological polar surface area (TPSA) is 32.3 Å². The highest BCUT2D eigenvalue weighted by Gasteiger charge is 2.16. The highest BCUT2D eigenvalue weighted by Crippen LogP contribution is 2.26. The zero-order valence-electron chi connectivity index (χ0n) is 13.0. The summed E-state index contributed by atoms with van der Waals surface area (Å²) in [5.41, 5.74) is 4.72. The van der Waals surface area contributed by atoms with E-state index in [1.165, 1.54) is 11.3 Å². The number of benzene rings is 2. The summed E-state index contributed by atoms with van der Waals surface area (Å²) in [6.45, 7) is 3.84. The van der Waals surface area contributed by atoms with Gasteiger partial charge >= 0.3 is 0 Å². The molecule has 1 heterocycles. The van der Waals surface area contributed by atoms with E-state index >= 15 is 0 Å². The Kier molecular flexibility index (Phi) is 4.42. The predicted molar refractivity (Wildman–Crippen MR) is 91.4 cm³/mol. The molecule has 0 spiro atoms. The minimum atomic E-state index is 0.0775. The third-order valence-corrected chi connectivity index (χ3v) is 4.12. The second kappa shape index (κ2) is 6.65. The van der Waals surface area contributed by atoms with Gasteiger partial charge in [0.2, 0.25) is 5.91 Å². The van der Waals surface area contributed by atoms with Crippen LogP contribution in [0.15, 0.2) is 48.5 Å². The van der Waals surface area contributed by atoms with Crippen LogP contribution in [-0.4, -0.2) is 19.0 Å². The Balaban J connectivity index is 1.58. The van der Waals surface area contributed by atoms with Crippen LogP contribution in [0.5, 0.6) is 0 Å². The molecule has 1 amide bonds. The van der Waals surface area contributed by atoms with E-state index in [1.807, 2.05) is 31.2 Å². The summed E-state index contributed by atoms with van der Waals surface area (Å²) in [5.74, 6) is 0.0775. The van der Waals surface area contributed by atoms with Gasteiger partial charge in [-0.2, -0.15) is 0 Å². The molecule has 22 heavy (non-hydrogen) atoms. The summed E-state index contributed by atoms with van der Waals surface area (Å²) in [6.07, 6.45) is 2.82. The van der Waals surface area contributed by atoms with E-state index in [1.54, 1.807) is 0 Å². The van der Waals surface area contributed by atoms with Gasteiger partial charge in [0.25, 0.3) is 0 Å². The van der Waals surface area contributed by atoms with Crippen molar-refractivity contribution in [2.24, 2.45) is 0 Å². The van der Waals surface area contributed by atoms with Gasteiger partial charge in [0, 0.05) is 30.9 Å². The maximum absolute atomic E-state index is 12.1. The second-order valence-electron chi connectivity index (χ2n) is 5.89. The van der Waals surface area contributed by atoms with Crippen LogP contribution in [0.3, 0.4) is 0 Å². The van der Waals surface area contributed by atoms with E-state index in [2.05, 4.69) is 34.5 Å². The number of fused-ring (bicyclic) bond motifs is 1. The molecule has 0 atom stereocenters. The zero-order chi connectivity index (χ0) is 15.4. The standard InChI is InChI=1S/C19H22N2O/c1-15-6-4-9-17(14-15)20-19(22)11-13-21-12-5-8-16-7-2-3-10-18(16)21/h2-4,6-7,9-10,14H,5,8,11-13H2,1H3,(H,20,22). The Hall–Kier alpha value is -2.29. The van der Waals surface area contributed by atoms with Gasteiger partial charge in [-0.3, -0.25) is 4.79 Å². The predicted octanol–water partition coefficient (Wildman–Crippen LogP) is 3.78. The molecule has 1 N–H and O–H groups in total. The Morgan fingerprint density at radius 3 is 2.91 bits per heavy atom. The minimum Gasteiger partial charge on any atom is -0.371 e. The maximum Gasteiger partial charge on any atom is 0.226 e. The van der Waals surface area contributed by atoms with Gasteiger partial charge in [-0.15, -0.1) is 0 Å². The number of aryl methyl sites for hydroxylation is 2. The van der Waals surface area contributed by atoms with Crippen molar-refractivity contribution in [3.63, 3.8) is 0 Å². The lowest BCUT2D eigenvalue weighted by atomic mass is 10.0. The van der Waals surface area contributed by atoms with Gasteiger partial charge in [-0.05, 0) is 49.1 Å². The number of anilines is 2. The summed E-state index contributed by atoms with van der Waals surface area (Å²) >= 11 is 0. The summed E-state index contributed by atoms with van der Waals surface area (Å²) in [5, 5.41) is 2.98. The highest BCUT2D eigenvalue weighted by atomic mass is 16.1. The first-order valence-corrected chi connectivity index (χ1v) is 7.92. The fourth-order valence-electron chi connectivity index (χ4n) is 3.03. The number of para-hydroxylation sites is 1. The number of nitrogens with zero attached hydrogens (tertiary/aromatic N) is 1. The monoisotopic (exact) mass is 294 g/mol. The van der Waals surface area contributed by atoms with E-state index in [0.29, 0.717) is 6.42 Å². The number of amides is 1. The second-order valence-corrected chi connectivity index (χ2v) is 5.89. The van der Waals surface area contributed by atoms with Gasteiger partial charge in [-0.25, -0.2) is 0 Å². The van der Waals surface area contributed by atoms with Crippen molar-refractivity contribution >= 4 is 17.3 Å². The number of nitrogens with one attached hydrogen (secondary N) is 1. The molecule has 2 aromatic rings. The largest absolute Gasteiger partial charge is 0.371 e. The van der Waals surface area contributed by atoms with Crippen molar-refractivity contribution in [3.05, 3.63) is 59.7 Å². The molecular formula is C19H22N2O. The van der Waals surface area contributed by atoms with E-state index in [9.17, 15) is 4.79 Å². The number of rotatable bonds is 4. The number of hydrogen-bond donors (Lipinski definition) is 1. The molecule has 3 heteroatoms. The minimum absolute atomic E-state index is 0.0775. The van der Waals surface area contributed by atoms with Crippen LogP contribution >= 0.6 is 0 Å². The summed E-state index contributed by atoms with van der Waals surface area (Å²) < 4.78 is 0. The Morgan fingerprint density at radius 2 is 2.05 bits per heavy atom. The van der Waals surface area contributed by atoms with Crippen LogP contribution in [0.2, 0.25) is 0 Å². The fraction of sp³-hybridized carbons (Fsp3) is 0.316. The average Bonchev–Trinajstić information content (AvgIpc) is 2.53. The molecule has 0 saturated heterocycles. The molecule has 0 aromatic heterocycles. The van der Waals surface area contributed by atoms with E-state index < -0.39 is 0 Å². The van der Waals surface area contributed by atoms with Crippen molar-refractivity contribution in [2.45, 2.75) is 26.2 Å². The molecule has 0 radical (unpaired) electrons. The van der Waals surface area contributed by atoms with E-state index in [-0.39, 0.29) is 5.91 Å². The summed E-state index contributed by atoms with van der Waals surface area (Å²) in [6, 6.07) is 16.4. The van der Waals surface area contributed by atoms with Crippen LogP contribution in [0.25, 0.3) is 0 Å². The molecule has 0 bridgehead atoms. The first-order valence-electron chi connectivity index (χ1n) is 7.92. The fourth-order valence-corrected chi connectivity index (χ4v) is 3.03. The molecule has 1 aliphatic heterocycles. The lowest BCUT2D eigenvalue weighted by Crippen LogP contribution is -2.32. The Morgan fingerprint density at radius 1 is 1.18 bits per heavy atom. The molecular weight excluding hydrogens is 272 g/mol. The van der Waals surface area contributed by atoms with Crippen molar-refractivity contribution in [3.8, 4) is 0 Å². The summed E-state index contributed by atoms with van der Waals surface area (Å²) in [4.78, 5) is 14.5. The number of hydrogen-bond acceptors (Lipinski definition) is 2. The lowest BCUT2D eigenvalue weighted by Gasteiger charge is -2.31. The molecule has 3 nitrogen and oxygen atoms in total. The number of carbonyl (C=O) groups excluding carboxylic acids is 1. The number of carbonyl (C=O) groups is 1. The van der Waals surface area contributed by atoms with Crippen LogP contribution in [0.1, 0.15) is 24.0 Å². The molecule has 0 unspecified atom stereocenters. The van der Waals surface area contributed by atoms with Crippen molar-refractivity contribution in [1.29, 1.82) is 0 Å². The van der Waals surface area contributed by atoms with E-state index in [0.717, 1.165) is 37.2 Å². The van der Waals surface area contributed by atoms with Crippen LogP contribution < -0.4 is 10.2 Å². The highest BCUT2D eigenvalue weighted by molar-refractivity contribution is 5.91. The SMILES string of the molecule is Cc1cccc(NC(=O)CCN2CCCc3ccccc32)c1. The first kappa shape index (κ1) is 14.6. The third kappa shape index (κ3) is 3.48. The maximum atomic E-state index is 12.1. The van der Waals surface area contributed by atoms with Gasteiger partial charge in [0.1, 0.15) is 0 Å². The quantitative estimate of drug-likeness (QED) is 0.931. The molecule has 2 aromatic carbocycles.